The van der Waals surface area contributed by atoms with Crippen molar-refractivity contribution in [1.29, 1.82) is 0 Å². The van der Waals surface area contributed by atoms with Crippen LogP contribution in [-0.4, -0.2) is 19.9 Å². The zero-order valence-electron chi connectivity index (χ0n) is 12.6. The summed E-state index contributed by atoms with van der Waals surface area (Å²) in [6.45, 7) is 2.08. The molecule has 0 atom stereocenters. The molecule has 4 rings (SSSR count). The van der Waals surface area contributed by atoms with Crippen LogP contribution in [0.25, 0.3) is 27.8 Å². The first-order valence-electron chi connectivity index (χ1n) is 7.42. The molecule has 23 heavy (non-hydrogen) atoms. The van der Waals surface area contributed by atoms with Gasteiger partial charge in [0.15, 0.2) is 0 Å². The van der Waals surface area contributed by atoms with E-state index >= 15 is 0 Å². The first kappa shape index (κ1) is 13.5. The normalized spacial score (nSPS) is 11.0. The van der Waals surface area contributed by atoms with Gasteiger partial charge in [0.05, 0.1) is 17.4 Å². The Hall–Kier alpha value is -3.14. The van der Waals surface area contributed by atoms with E-state index in [-0.39, 0.29) is 5.75 Å². The number of hydrogen-bond acceptors (Lipinski definition) is 3. The molecule has 0 saturated heterocycles. The topological polar surface area (TPSA) is 50.9 Å². The van der Waals surface area contributed by atoms with Crippen molar-refractivity contribution in [2.24, 2.45) is 0 Å². The Morgan fingerprint density at radius 2 is 1.78 bits per heavy atom. The van der Waals surface area contributed by atoms with Gasteiger partial charge in [-0.05, 0) is 36.8 Å². The van der Waals surface area contributed by atoms with Crippen molar-refractivity contribution < 1.29 is 5.11 Å². The number of aromatic hydroxyl groups is 1. The monoisotopic (exact) mass is 301 g/mol. The lowest BCUT2D eigenvalue weighted by Gasteiger charge is -2.05. The summed E-state index contributed by atoms with van der Waals surface area (Å²) in [6, 6.07) is 17.3. The highest BCUT2D eigenvalue weighted by atomic mass is 16.3. The van der Waals surface area contributed by atoms with Crippen molar-refractivity contribution in [2.45, 2.75) is 6.92 Å². The number of rotatable bonds is 2. The van der Waals surface area contributed by atoms with Crippen LogP contribution in [0.5, 0.6) is 5.75 Å². The number of aryl methyl sites for hydroxylation is 1. The molecule has 0 fully saturated rings. The van der Waals surface area contributed by atoms with E-state index in [1.807, 2.05) is 36.5 Å². The highest BCUT2D eigenvalue weighted by molar-refractivity contribution is 5.84. The van der Waals surface area contributed by atoms with Crippen molar-refractivity contribution in [2.75, 3.05) is 0 Å². The molecular formula is C19H15N3O. The van der Waals surface area contributed by atoms with Crippen molar-refractivity contribution >= 4 is 10.9 Å². The number of para-hydroxylation sites is 3. The van der Waals surface area contributed by atoms with E-state index in [1.165, 1.54) is 5.56 Å². The lowest BCUT2D eigenvalue weighted by molar-refractivity contribution is 0.470. The SMILES string of the molecule is Cc1cc(-c2cnn(-c3ccccc3O)c2)nc2ccccc12. The van der Waals surface area contributed by atoms with E-state index in [4.69, 9.17) is 4.98 Å². The third kappa shape index (κ3) is 2.34. The molecule has 0 radical (unpaired) electrons. The number of hydrogen-bond donors (Lipinski definition) is 1. The van der Waals surface area contributed by atoms with Crippen LogP contribution in [0, 0.1) is 6.92 Å². The largest absolute Gasteiger partial charge is 0.506 e. The first-order valence-corrected chi connectivity index (χ1v) is 7.42. The zero-order valence-corrected chi connectivity index (χ0v) is 12.6. The van der Waals surface area contributed by atoms with Gasteiger partial charge in [0.2, 0.25) is 0 Å². The van der Waals surface area contributed by atoms with Gasteiger partial charge in [-0.25, -0.2) is 9.67 Å². The third-order valence-corrected chi connectivity index (χ3v) is 3.93. The van der Waals surface area contributed by atoms with Crippen molar-refractivity contribution in [3.63, 3.8) is 0 Å². The second-order valence-corrected chi connectivity index (χ2v) is 5.50. The van der Waals surface area contributed by atoms with Crippen LogP contribution in [0.2, 0.25) is 0 Å². The van der Waals surface area contributed by atoms with Crippen molar-refractivity contribution in [3.05, 3.63) is 72.6 Å². The van der Waals surface area contributed by atoms with Gasteiger partial charge in [-0.15, -0.1) is 0 Å². The summed E-state index contributed by atoms with van der Waals surface area (Å²) in [6.07, 6.45) is 3.65. The molecule has 0 spiro atoms. The average Bonchev–Trinajstić information content (AvgIpc) is 3.05. The number of fused-ring (bicyclic) bond motifs is 1. The quantitative estimate of drug-likeness (QED) is 0.606. The molecule has 0 aliphatic carbocycles. The Morgan fingerprint density at radius 3 is 2.65 bits per heavy atom. The first-order chi connectivity index (χ1) is 11.2. The van der Waals surface area contributed by atoms with E-state index in [0.29, 0.717) is 5.69 Å². The Bertz CT molecular complexity index is 1000. The maximum absolute atomic E-state index is 9.95. The fraction of sp³-hybridized carbons (Fsp3) is 0.0526. The van der Waals surface area contributed by atoms with Gasteiger partial charge in [-0.2, -0.15) is 5.10 Å². The van der Waals surface area contributed by atoms with Gasteiger partial charge in [0, 0.05) is 17.1 Å². The fourth-order valence-electron chi connectivity index (χ4n) is 2.74. The van der Waals surface area contributed by atoms with E-state index in [2.05, 4.69) is 24.2 Å². The molecule has 0 aliphatic heterocycles. The summed E-state index contributed by atoms with van der Waals surface area (Å²) in [5.74, 6) is 0.199. The van der Waals surface area contributed by atoms with Gasteiger partial charge in [0.1, 0.15) is 11.4 Å². The molecule has 4 aromatic rings. The molecule has 0 amide bonds. The maximum atomic E-state index is 9.95. The summed E-state index contributed by atoms with van der Waals surface area (Å²) in [7, 11) is 0. The molecule has 112 valence electrons. The molecule has 2 aromatic heterocycles. The van der Waals surface area contributed by atoms with E-state index in [0.717, 1.165) is 22.2 Å². The zero-order chi connectivity index (χ0) is 15.8. The van der Waals surface area contributed by atoms with Crippen LogP contribution >= 0.6 is 0 Å². The summed E-state index contributed by atoms with van der Waals surface area (Å²) >= 11 is 0. The summed E-state index contributed by atoms with van der Waals surface area (Å²) < 4.78 is 1.66. The minimum absolute atomic E-state index is 0.199. The van der Waals surface area contributed by atoms with Crippen molar-refractivity contribution in [3.8, 4) is 22.7 Å². The van der Waals surface area contributed by atoms with Crippen LogP contribution in [0.1, 0.15) is 5.56 Å². The fourth-order valence-corrected chi connectivity index (χ4v) is 2.74. The number of nitrogens with zero attached hydrogens (tertiary/aromatic N) is 3. The summed E-state index contributed by atoms with van der Waals surface area (Å²) in [4.78, 5) is 4.72. The van der Waals surface area contributed by atoms with Gasteiger partial charge < -0.3 is 5.11 Å². The summed E-state index contributed by atoms with van der Waals surface area (Å²) in [5, 5.41) is 15.5. The maximum Gasteiger partial charge on any atom is 0.141 e. The molecule has 0 unspecified atom stereocenters. The Balaban J connectivity index is 1.82. The predicted molar refractivity (Wildman–Crippen MR) is 90.7 cm³/mol. The number of phenolic OH excluding ortho intramolecular Hbond substituents is 1. The van der Waals surface area contributed by atoms with Gasteiger partial charge in [-0.1, -0.05) is 30.3 Å². The number of aromatic nitrogens is 3. The predicted octanol–water partition coefficient (Wildman–Crippen LogP) is 4.10. The third-order valence-electron chi connectivity index (χ3n) is 3.93. The highest BCUT2D eigenvalue weighted by Gasteiger charge is 2.09. The molecule has 0 saturated carbocycles. The van der Waals surface area contributed by atoms with Crippen LogP contribution in [0.3, 0.4) is 0 Å². The Labute approximate surface area is 133 Å². The van der Waals surface area contributed by atoms with E-state index in [9.17, 15) is 5.11 Å². The van der Waals surface area contributed by atoms with E-state index in [1.54, 1.807) is 23.0 Å². The minimum atomic E-state index is 0.199. The average molecular weight is 301 g/mol. The standard InChI is InChI=1S/C19H15N3O/c1-13-10-17(21-16-7-3-2-6-15(13)16)14-11-20-22(12-14)18-8-4-5-9-19(18)23/h2-12,23H,1H3. The minimum Gasteiger partial charge on any atom is -0.506 e. The number of phenols is 1. The van der Waals surface area contributed by atoms with Crippen LogP contribution in [0.4, 0.5) is 0 Å². The molecule has 4 heteroatoms. The molecule has 0 aliphatic rings. The Kier molecular flexibility index (Phi) is 3.08. The lowest BCUT2D eigenvalue weighted by Crippen LogP contribution is -1.94. The van der Waals surface area contributed by atoms with Crippen LogP contribution < -0.4 is 0 Å². The number of pyridine rings is 1. The smallest absolute Gasteiger partial charge is 0.141 e. The van der Waals surface area contributed by atoms with Crippen LogP contribution in [0.15, 0.2) is 67.0 Å². The van der Waals surface area contributed by atoms with Crippen LogP contribution in [-0.2, 0) is 0 Å². The lowest BCUT2D eigenvalue weighted by atomic mass is 10.1. The van der Waals surface area contributed by atoms with Crippen molar-refractivity contribution in [1.82, 2.24) is 14.8 Å². The molecule has 1 N–H and O–H groups in total. The molecule has 0 bridgehead atoms. The number of benzene rings is 2. The van der Waals surface area contributed by atoms with E-state index < -0.39 is 0 Å². The molecule has 4 nitrogen and oxygen atoms in total. The second-order valence-electron chi connectivity index (χ2n) is 5.50. The highest BCUT2D eigenvalue weighted by Crippen LogP contribution is 2.26. The van der Waals surface area contributed by atoms with Gasteiger partial charge in [-0.3, -0.25) is 0 Å². The van der Waals surface area contributed by atoms with Gasteiger partial charge >= 0.3 is 0 Å². The van der Waals surface area contributed by atoms with Gasteiger partial charge in [0.25, 0.3) is 0 Å². The molecule has 2 aromatic carbocycles. The molecular weight excluding hydrogens is 286 g/mol. The molecule has 2 heterocycles. The summed E-state index contributed by atoms with van der Waals surface area (Å²) in [5.41, 5.74) is 4.60. The second kappa shape index (κ2) is 5.25. The Morgan fingerprint density at radius 1 is 1.00 bits per heavy atom.